The molecular formula is C9H11NO6S. The Labute approximate surface area is 100 Å². The molecular weight excluding hydrogens is 250 g/mol. The molecule has 1 aromatic rings. The SMILES string of the molecule is COC(=O)c1cc(N(C)OS(=O)O)ccc1O. The Bertz CT molecular complexity index is 449. The van der Waals surface area contributed by atoms with E-state index in [2.05, 4.69) is 9.02 Å². The number of carbonyl (C=O) groups excluding carboxylic acids is 1. The van der Waals surface area contributed by atoms with Crippen LogP contribution in [-0.4, -0.2) is 34.0 Å². The lowest BCUT2D eigenvalue weighted by Crippen LogP contribution is -2.19. The highest BCUT2D eigenvalue weighted by Crippen LogP contribution is 2.24. The molecule has 0 radical (unpaired) electrons. The number of ether oxygens (including phenoxy) is 1. The number of benzene rings is 1. The molecule has 7 nitrogen and oxygen atoms in total. The molecule has 17 heavy (non-hydrogen) atoms. The minimum absolute atomic E-state index is 0.0656. The van der Waals surface area contributed by atoms with E-state index in [0.717, 1.165) is 5.06 Å². The second-order valence-corrected chi connectivity index (χ2v) is 3.57. The van der Waals surface area contributed by atoms with Crippen LogP contribution in [0.25, 0.3) is 0 Å². The standard InChI is InChI=1S/C9H11NO6S/c1-10(16-17(13)14)6-3-4-8(11)7(5-6)9(12)15-2/h3-5,11H,1-2H3,(H,13,14). The average Bonchev–Trinajstić information content (AvgIpc) is 2.27. The van der Waals surface area contributed by atoms with E-state index < -0.39 is 17.3 Å². The third-order valence-corrected chi connectivity index (χ3v) is 2.28. The maximum Gasteiger partial charge on any atom is 0.341 e. The maximum absolute atomic E-state index is 11.3. The van der Waals surface area contributed by atoms with Crippen LogP contribution >= 0.6 is 0 Å². The first kappa shape index (κ1) is 13.4. The molecule has 0 saturated heterocycles. The molecule has 94 valence electrons. The van der Waals surface area contributed by atoms with Crippen molar-refractivity contribution in [1.82, 2.24) is 0 Å². The summed E-state index contributed by atoms with van der Waals surface area (Å²) in [5.41, 5.74) is 0.245. The summed E-state index contributed by atoms with van der Waals surface area (Å²) in [7, 11) is 2.55. The van der Waals surface area contributed by atoms with Gasteiger partial charge in [-0.3, -0.25) is 4.55 Å². The molecule has 0 spiro atoms. The molecule has 0 amide bonds. The Hall–Kier alpha value is -1.64. The first-order valence-corrected chi connectivity index (χ1v) is 5.43. The number of hydroxylamine groups is 1. The van der Waals surface area contributed by atoms with Gasteiger partial charge >= 0.3 is 17.3 Å². The summed E-state index contributed by atoms with van der Waals surface area (Å²) < 4.78 is 27.9. The van der Waals surface area contributed by atoms with Crippen LogP contribution < -0.4 is 5.06 Å². The number of rotatable bonds is 4. The molecule has 0 aliphatic heterocycles. The van der Waals surface area contributed by atoms with Crippen molar-refractivity contribution in [2.75, 3.05) is 19.2 Å². The number of aromatic hydroxyl groups is 1. The molecule has 0 aromatic heterocycles. The maximum atomic E-state index is 11.3. The van der Waals surface area contributed by atoms with Gasteiger partial charge in [-0.2, -0.15) is 4.21 Å². The van der Waals surface area contributed by atoms with Crippen LogP contribution in [0.1, 0.15) is 10.4 Å². The number of nitrogens with zero attached hydrogens (tertiary/aromatic N) is 1. The summed E-state index contributed by atoms with van der Waals surface area (Å²) in [5, 5.41) is 10.4. The van der Waals surface area contributed by atoms with Gasteiger partial charge in [-0.1, -0.05) is 0 Å². The van der Waals surface area contributed by atoms with Crippen molar-refractivity contribution in [3.05, 3.63) is 23.8 Å². The second kappa shape index (κ2) is 5.62. The Morgan fingerprint density at radius 3 is 2.65 bits per heavy atom. The van der Waals surface area contributed by atoms with E-state index in [9.17, 15) is 14.1 Å². The van der Waals surface area contributed by atoms with Crippen LogP contribution in [-0.2, 0) is 20.4 Å². The van der Waals surface area contributed by atoms with Gasteiger partial charge < -0.3 is 9.84 Å². The van der Waals surface area contributed by atoms with E-state index in [4.69, 9.17) is 4.55 Å². The topological polar surface area (TPSA) is 96.3 Å². The first-order chi connectivity index (χ1) is 7.95. The van der Waals surface area contributed by atoms with Crippen LogP contribution in [0.3, 0.4) is 0 Å². The molecule has 1 unspecified atom stereocenters. The molecule has 0 heterocycles. The molecule has 1 aromatic carbocycles. The lowest BCUT2D eigenvalue weighted by Gasteiger charge is -2.16. The minimum atomic E-state index is -2.47. The summed E-state index contributed by atoms with van der Waals surface area (Å²) in [6, 6.07) is 3.93. The lowest BCUT2D eigenvalue weighted by atomic mass is 10.2. The minimum Gasteiger partial charge on any atom is -0.507 e. The van der Waals surface area contributed by atoms with Gasteiger partial charge in [0.1, 0.15) is 11.3 Å². The summed E-state index contributed by atoms with van der Waals surface area (Å²) in [5.74, 6) is -0.970. The monoisotopic (exact) mass is 261 g/mol. The van der Waals surface area contributed by atoms with E-state index >= 15 is 0 Å². The third kappa shape index (κ3) is 3.41. The molecule has 0 aliphatic rings. The first-order valence-electron chi connectivity index (χ1n) is 4.40. The number of carbonyl (C=O) groups is 1. The number of anilines is 1. The van der Waals surface area contributed by atoms with Crippen molar-refractivity contribution in [1.29, 1.82) is 0 Å². The van der Waals surface area contributed by atoms with Crippen molar-refractivity contribution in [3.8, 4) is 5.75 Å². The fraction of sp³-hybridized carbons (Fsp3) is 0.222. The molecule has 8 heteroatoms. The Kier molecular flexibility index (Phi) is 4.44. The summed E-state index contributed by atoms with van der Waals surface area (Å²) in [4.78, 5) is 11.3. The van der Waals surface area contributed by atoms with Gasteiger partial charge in [-0.15, -0.1) is 4.28 Å². The smallest absolute Gasteiger partial charge is 0.341 e. The van der Waals surface area contributed by atoms with Gasteiger partial charge in [-0.05, 0) is 18.2 Å². The third-order valence-electron chi connectivity index (χ3n) is 1.92. The van der Waals surface area contributed by atoms with Gasteiger partial charge in [0.25, 0.3) is 0 Å². The Morgan fingerprint density at radius 1 is 1.47 bits per heavy atom. The number of phenols is 1. The highest BCUT2D eigenvalue weighted by Gasteiger charge is 2.14. The van der Waals surface area contributed by atoms with Crippen LogP contribution in [0.2, 0.25) is 0 Å². The van der Waals surface area contributed by atoms with E-state index in [1.807, 2.05) is 0 Å². The zero-order valence-corrected chi connectivity index (χ0v) is 9.93. The fourth-order valence-electron chi connectivity index (χ4n) is 1.13. The molecule has 2 N–H and O–H groups in total. The van der Waals surface area contributed by atoms with E-state index in [1.54, 1.807) is 0 Å². The Balaban J connectivity index is 3.03. The molecule has 0 saturated carbocycles. The van der Waals surface area contributed by atoms with Gasteiger partial charge in [-0.25, -0.2) is 9.86 Å². The largest absolute Gasteiger partial charge is 0.507 e. The van der Waals surface area contributed by atoms with Gasteiger partial charge in [0.15, 0.2) is 0 Å². The number of methoxy groups -OCH3 is 1. The second-order valence-electron chi connectivity index (χ2n) is 2.98. The molecule has 0 aliphatic carbocycles. The highest BCUT2D eigenvalue weighted by atomic mass is 32.2. The zero-order valence-electron chi connectivity index (χ0n) is 9.11. The van der Waals surface area contributed by atoms with Crippen molar-refractivity contribution < 1.29 is 27.7 Å². The van der Waals surface area contributed by atoms with Crippen molar-refractivity contribution >= 4 is 23.0 Å². The molecule has 1 rings (SSSR count). The van der Waals surface area contributed by atoms with E-state index in [0.29, 0.717) is 5.69 Å². The van der Waals surface area contributed by atoms with Crippen molar-refractivity contribution in [2.24, 2.45) is 0 Å². The van der Waals surface area contributed by atoms with Crippen LogP contribution in [0.5, 0.6) is 5.75 Å². The van der Waals surface area contributed by atoms with Crippen molar-refractivity contribution in [3.63, 3.8) is 0 Å². The van der Waals surface area contributed by atoms with Crippen LogP contribution in [0.15, 0.2) is 18.2 Å². The van der Waals surface area contributed by atoms with E-state index in [1.165, 1.54) is 32.4 Å². The highest BCUT2D eigenvalue weighted by molar-refractivity contribution is 7.74. The van der Waals surface area contributed by atoms with Crippen molar-refractivity contribution in [2.45, 2.75) is 0 Å². The van der Waals surface area contributed by atoms with Crippen LogP contribution in [0.4, 0.5) is 5.69 Å². The zero-order chi connectivity index (χ0) is 13.0. The average molecular weight is 261 g/mol. The predicted octanol–water partition coefficient (Wildman–Crippen LogP) is 0.683. The molecule has 0 fully saturated rings. The fourth-order valence-corrected chi connectivity index (χ4v) is 1.41. The van der Waals surface area contributed by atoms with E-state index in [-0.39, 0.29) is 11.3 Å². The summed E-state index contributed by atoms with van der Waals surface area (Å²) in [6.45, 7) is 0. The van der Waals surface area contributed by atoms with Gasteiger partial charge in [0.2, 0.25) is 0 Å². The Morgan fingerprint density at radius 2 is 2.12 bits per heavy atom. The summed E-state index contributed by atoms with van der Waals surface area (Å²) in [6.07, 6.45) is 0. The van der Waals surface area contributed by atoms with Gasteiger partial charge in [0, 0.05) is 7.05 Å². The quantitative estimate of drug-likeness (QED) is 0.467. The van der Waals surface area contributed by atoms with Gasteiger partial charge in [0.05, 0.1) is 12.8 Å². The number of hydrogen-bond acceptors (Lipinski definition) is 6. The molecule has 0 bridgehead atoms. The lowest BCUT2D eigenvalue weighted by molar-refractivity contribution is 0.0597. The number of hydrogen-bond donors (Lipinski definition) is 2. The van der Waals surface area contributed by atoms with Crippen LogP contribution in [0, 0.1) is 0 Å². The normalized spacial score (nSPS) is 11.9. The number of esters is 1. The number of phenolic OH excluding ortho intramolecular Hbond substituents is 1. The predicted molar refractivity (Wildman–Crippen MR) is 59.7 cm³/mol. The summed E-state index contributed by atoms with van der Waals surface area (Å²) >= 11 is -2.47. The molecule has 1 atom stereocenters.